The van der Waals surface area contributed by atoms with Crippen molar-refractivity contribution in [3.8, 4) is 5.69 Å². The first-order chi connectivity index (χ1) is 6.90. The summed E-state index contributed by atoms with van der Waals surface area (Å²) >= 11 is 0. The van der Waals surface area contributed by atoms with Crippen molar-refractivity contribution in [1.82, 2.24) is 14.5 Å². The van der Waals surface area contributed by atoms with Gasteiger partial charge in [-0.25, -0.2) is 4.98 Å². The number of imidazole rings is 1. The van der Waals surface area contributed by atoms with Gasteiger partial charge in [0.25, 0.3) is 0 Å². The minimum Gasteiger partial charge on any atom is -0.312 e. The highest BCUT2D eigenvalue weighted by molar-refractivity contribution is 5.68. The molecule has 0 saturated heterocycles. The molecule has 0 radical (unpaired) electrons. The largest absolute Gasteiger partial charge is 0.312 e. The smallest absolute Gasteiger partial charge is 0.212 e. The van der Waals surface area contributed by atoms with E-state index < -0.39 is 0 Å². The van der Waals surface area contributed by atoms with Gasteiger partial charge in [0.2, 0.25) is 6.41 Å². The summed E-state index contributed by atoms with van der Waals surface area (Å²) in [6.07, 6.45) is 7.34. The Bertz CT molecular complexity index is 423. The predicted molar refractivity (Wildman–Crippen MR) is 51.0 cm³/mol. The number of nitrogens with one attached hydrogen (secondary N) is 1. The Labute approximate surface area is 80.4 Å². The molecule has 0 spiro atoms. The SMILES string of the molecule is O=CNc1cn(-c2ccncc2)cn1. The van der Waals surface area contributed by atoms with Crippen LogP contribution in [0.25, 0.3) is 5.69 Å². The molecule has 0 bridgehead atoms. The fourth-order valence-electron chi connectivity index (χ4n) is 1.12. The Morgan fingerprint density at radius 3 is 2.86 bits per heavy atom. The Kier molecular flexibility index (Phi) is 2.22. The van der Waals surface area contributed by atoms with Crippen molar-refractivity contribution < 1.29 is 4.79 Å². The first-order valence-corrected chi connectivity index (χ1v) is 4.05. The van der Waals surface area contributed by atoms with E-state index in [-0.39, 0.29) is 0 Å². The fraction of sp³-hybridized carbons (Fsp3) is 0. The topological polar surface area (TPSA) is 59.8 Å². The molecule has 0 aromatic carbocycles. The first-order valence-electron chi connectivity index (χ1n) is 4.05. The van der Waals surface area contributed by atoms with Gasteiger partial charge in [-0.05, 0) is 12.1 Å². The molecule has 14 heavy (non-hydrogen) atoms. The summed E-state index contributed by atoms with van der Waals surface area (Å²) in [5.41, 5.74) is 0.950. The summed E-state index contributed by atoms with van der Waals surface area (Å²) in [6, 6.07) is 3.71. The Hall–Kier alpha value is -2.17. The van der Waals surface area contributed by atoms with E-state index in [0.29, 0.717) is 12.2 Å². The monoisotopic (exact) mass is 188 g/mol. The normalized spacial score (nSPS) is 9.71. The van der Waals surface area contributed by atoms with Gasteiger partial charge in [-0.2, -0.15) is 0 Å². The number of carbonyl (C=O) groups is 1. The number of pyridine rings is 1. The Morgan fingerprint density at radius 1 is 1.36 bits per heavy atom. The van der Waals surface area contributed by atoms with Crippen LogP contribution in [0.1, 0.15) is 0 Å². The van der Waals surface area contributed by atoms with Crippen LogP contribution >= 0.6 is 0 Å². The quantitative estimate of drug-likeness (QED) is 0.726. The maximum Gasteiger partial charge on any atom is 0.212 e. The number of hydrogen-bond acceptors (Lipinski definition) is 3. The van der Waals surface area contributed by atoms with Crippen LogP contribution in [0.5, 0.6) is 0 Å². The fourth-order valence-corrected chi connectivity index (χ4v) is 1.12. The molecule has 2 aromatic rings. The van der Waals surface area contributed by atoms with Crippen molar-refractivity contribution in [2.45, 2.75) is 0 Å². The van der Waals surface area contributed by atoms with Crippen LogP contribution in [0.3, 0.4) is 0 Å². The van der Waals surface area contributed by atoms with Crippen molar-refractivity contribution in [1.29, 1.82) is 0 Å². The molecule has 2 aromatic heterocycles. The number of rotatable bonds is 3. The molecule has 0 fully saturated rings. The number of hydrogen-bond donors (Lipinski definition) is 1. The molecular formula is C9H8N4O. The molecule has 1 N–H and O–H groups in total. The lowest BCUT2D eigenvalue weighted by Crippen LogP contribution is -1.93. The molecule has 0 atom stereocenters. The highest BCUT2D eigenvalue weighted by atomic mass is 16.1. The van der Waals surface area contributed by atoms with Gasteiger partial charge in [-0.15, -0.1) is 0 Å². The van der Waals surface area contributed by atoms with Gasteiger partial charge in [0.1, 0.15) is 6.33 Å². The molecule has 2 heterocycles. The van der Waals surface area contributed by atoms with E-state index in [9.17, 15) is 4.79 Å². The minimum absolute atomic E-state index is 0.525. The van der Waals surface area contributed by atoms with Gasteiger partial charge in [-0.1, -0.05) is 0 Å². The second kappa shape index (κ2) is 3.69. The van der Waals surface area contributed by atoms with Crippen molar-refractivity contribution in [2.75, 3.05) is 5.32 Å². The molecule has 0 aliphatic carbocycles. The number of nitrogens with zero attached hydrogens (tertiary/aromatic N) is 3. The van der Waals surface area contributed by atoms with Crippen molar-refractivity contribution >= 4 is 12.2 Å². The molecule has 0 aliphatic rings. The zero-order valence-electron chi connectivity index (χ0n) is 7.29. The van der Waals surface area contributed by atoms with Gasteiger partial charge >= 0.3 is 0 Å². The van der Waals surface area contributed by atoms with E-state index >= 15 is 0 Å². The number of anilines is 1. The van der Waals surface area contributed by atoms with E-state index in [1.54, 1.807) is 29.5 Å². The van der Waals surface area contributed by atoms with E-state index in [0.717, 1.165) is 5.69 Å². The lowest BCUT2D eigenvalue weighted by atomic mass is 10.4. The van der Waals surface area contributed by atoms with Crippen LogP contribution in [0.2, 0.25) is 0 Å². The van der Waals surface area contributed by atoms with E-state index in [1.807, 2.05) is 12.1 Å². The molecule has 5 heteroatoms. The van der Waals surface area contributed by atoms with E-state index in [2.05, 4.69) is 15.3 Å². The van der Waals surface area contributed by atoms with Gasteiger partial charge < -0.3 is 9.88 Å². The van der Waals surface area contributed by atoms with Crippen molar-refractivity contribution in [3.63, 3.8) is 0 Å². The third-order valence-electron chi connectivity index (χ3n) is 1.75. The third kappa shape index (κ3) is 1.61. The van der Waals surface area contributed by atoms with Crippen LogP contribution < -0.4 is 5.32 Å². The Balaban J connectivity index is 2.29. The third-order valence-corrected chi connectivity index (χ3v) is 1.75. The average molecular weight is 188 g/mol. The van der Waals surface area contributed by atoms with Gasteiger partial charge in [0.05, 0.1) is 6.20 Å². The summed E-state index contributed by atoms with van der Waals surface area (Å²) in [5, 5.41) is 2.47. The van der Waals surface area contributed by atoms with Crippen molar-refractivity contribution in [2.24, 2.45) is 0 Å². The van der Waals surface area contributed by atoms with Crippen LogP contribution in [0.4, 0.5) is 5.82 Å². The molecule has 5 nitrogen and oxygen atoms in total. The molecule has 0 saturated carbocycles. The Morgan fingerprint density at radius 2 is 2.14 bits per heavy atom. The first kappa shape index (κ1) is 8.43. The molecular weight excluding hydrogens is 180 g/mol. The lowest BCUT2D eigenvalue weighted by molar-refractivity contribution is -0.105. The summed E-state index contributed by atoms with van der Waals surface area (Å²) < 4.78 is 1.80. The standard InChI is InChI=1S/C9H8N4O/c14-7-12-9-5-13(6-11-9)8-1-3-10-4-2-8/h1-7H,(H,12,14). The molecule has 70 valence electrons. The van der Waals surface area contributed by atoms with Crippen LogP contribution in [-0.4, -0.2) is 20.9 Å². The maximum absolute atomic E-state index is 10.1. The second-order valence-electron chi connectivity index (χ2n) is 2.63. The maximum atomic E-state index is 10.1. The minimum atomic E-state index is 0.525. The highest BCUT2D eigenvalue weighted by Crippen LogP contribution is 2.08. The summed E-state index contributed by atoms with van der Waals surface area (Å²) in [5.74, 6) is 0.525. The summed E-state index contributed by atoms with van der Waals surface area (Å²) in [7, 11) is 0. The number of carbonyl (C=O) groups excluding carboxylic acids is 1. The van der Waals surface area contributed by atoms with Crippen LogP contribution in [0.15, 0.2) is 37.1 Å². The van der Waals surface area contributed by atoms with Gasteiger partial charge in [0, 0.05) is 18.1 Å². The van der Waals surface area contributed by atoms with Gasteiger partial charge in [0.15, 0.2) is 5.82 Å². The zero-order valence-corrected chi connectivity index (χ0v) is 7.29. The van der Waals surface area contributed by atoms with Crippen LogP contribution in [0, 0.1) is 0 Å². The summed E-state index contributed by atoms with van der Waals surface area (Å²) in [6.45, 7) is 0. The number of amides is 1. The molecule has 1 amide bonds. The molecule has 0 unspecified atom stereocenters. The predicted octanol–water partition coefficient (Wildman–Crippen LogP) is 0.836. The van der Waals surface area contributed by atoms with Gasteiger partial charge in [-0.3, -0.25) is 9.78 Å². The lowest BCUT2D eigenvalue weighted by Gasteiger charge is -1.98. The zero-order chi connectivity index (χ0) is 9.80. The van der Waals surface area contributed by atoms with Crippen molar-refractivity contribution in [3.05, 3.63) is 37.1 Å². The molecule has 0 aliphatic heterocycles. The van der Waals surface area contributed by atoms with E-state index in [1.165, 1.54) is 0 Å². The highest BCUT2D eigenvalue weighted by Gasteiger charge is 1.98. The average Bonchev–Trinajstić information content (AvgIpc) is 2.68. The van der Waals surface area contributed by atoms with Crippen LogP contribution in [-0.2, 0) is 4.79 Å². The van der Waals surface area contributed by atoms with E-state index in [4.69, 9.17) is 0 Å². The number of aromatic nitrogens is 3. The summed E-state index contributed by atoms with van der Waals surface area (Å²) in [4.78, 5) is 18.0. The second-order valence-corrected chi connectivity index (χ2v) is 2.63. The molecule has 2 rings (SSSR count).